The second-order valence-corrected chi connectivity index (χ2v) is 8.04. The summed E-state index contributed by atoms with van der Waals surface area (Å²) in [5, 5.41) is 0. The van der Waals surface area contributed by atoms with Crippen molar-refractivity contribution in [3.63, 3.8) is 0 Å². The fraction of sp³-hybridized carbons (Fsp3) is 1.00. The first-order valence-corrected chi connectivity index (χ1v) is 8.84. The molecule has 0 aromatic rings. The Labute approximate surface area is 130 Å². The van der Waals surface area contributed by atoms with Crippen LogP contribution >= 0.6 is 0 Å². The summed E-state index contributed by atoms with van der Waals surface area (Å²) in [5.41, 5.74) is 6.95. The third kappa shape index (κ3) is 2.65. The first-order valence-electron chi connectivity index (χ1n) is 8.84. The van der Waals surface area contributed by atoms with Crippen LogP contribution < -0.4 is 5.73 Å². The highest BCUT2D eigenvalue weighted by atomic mass is 15.3. The van der Waals surface area contributed by atoms with Crippen LogP contribution in [0.1, 0.15) is 44.9 Å². The Morgan fingerprint density at radius 2 is 1.81 bits per heavy atom. The number of nitrogens with two attached hydrogens (primary N) is 1. The van der Waals surface area contributed by atoms with Crippen LogP contribution in [-0.4, -0.2) is 79.1 Å². The minimum atomic E-state index is 0.240. The molecule has 4 heteroatoms. The summed E-state index contributed by atoms with van der Waals surface area (Å²) in [7, 11) is 6.84. The Morgan fingerprint density at radius 3 is 2.38 bits per heavy atom. The summed E-state index contributed by atoms with van der Waals surface area (Å²) in [5.74, 6) is 0. The molecule has 0 aromatic heterocycles. The van der Waals surface area contributed by atoms with Crippen LogP contribution in [0, 0.1) is 0 Å². The largest absolute Gasteiger partial charge is 0.329 e. The highest BCUT2D eigenvalue weighted by molar-refractivity contribution is 5.05. The molecular weight excluding hydrogens is 260 g/mol. The fourth-order valence-electron chi connectivity index (χ4n) is 4.94. The molecule has 0 amide bonds. The Balaban J connectivity index is 1.70. The molecule has 0 spiro atoms. The van der Waals surface area contributed by atoms with Gasteiger partial charge in [0.25, 0.3) is 0 Å². The van der Waals surface area contributed by atoms with Crippen molar-refractivity contribution in [3.05, 3.63) is 0 Å². The number of fused-ring (bicyclic) bond motifs is 1. The Bertz CT molecular complexity index is 366. The maximum absolute atomic E-state index is 6.30. The average Bonchev–Trinajstić information content (AvgIpc) is 2.88. The molecule has 4 nitrogen and oxygen atoms in total. The molecule has 2 N–H and O–H groups in total. The van der Waals surface area contributed by atoms with E-state index < -0.39 is 0 Å². The maximum Gasteiger partial charge on any atom is 0.0356 e. The lowest BCUT2D eigenvalue weighted by Crippen LogP contribution is -2.65. The van der Waals surface area contributed by atoms with Crippen molar-refractivity contribution in [2.24, 2.45) is 5.73 Å². The fourth-order valence-corrected chi connectivity index (χ4v) is 4.94. The lowest BCUT2D eigenvalue weighted by Gasteiger charge is -2.55. The molecule has 2 saturated heterocycles. The van der Waals surface area contributed by atoms with Crippen molar-refractivity contribution in [2.45, 2.75) is 62.1 Å². The van der Waals surface area contributed by atoms with Gasteiger partial charge in [-0.1, -0.05) is 0 Å². The summed E-state index contributed by atoms with van der Waals surface area (Å²) < 4.78 is 0. The number of hydrogen-bond donors (Lipinski definition) is 1. The molecule has 0 radical (unpaired) electrons. The van der Waals surface area contributed by atoms with E-state index in [9.17, 15) is 0 Å². The number of likely N-dealkylation sites (N-methyl/N-ethyl adjacent to an activating group) is 2. The lowest BCUT2D eigenvalue weighted by atomic mass is 9.73. The van der Waals surface area contributed by atoms with Crippen LogP contribution in [-0.2, 0) is 0 Å². The number of nitrogens with zero attached hydrogens (tertiary/aromatic N) is 3. The van der Waals surface area contributed by atoms with Crippen LogP contribution in [0.15, 0.2) is 0 Å². The summed E-state index contributed by atoms with van der Waals surface area (Å²) in [6.45, 7) is 4.57. The zero-order valence-electron chi connectivity index (χ0n) is 14.3. The molecule has 122 valence electrons. The first kappa shape index (κ1) is 15.7. The second-order valence-electron chi connectivity index (χ2n) is 8.04. The predicted molar refractivity (Wildman–Crippen MR) is 88.5 cm³/mol. The summed E-state index contributed by atoms with van der Waals surface area (Å²) in [6, 6.07) is 0.793. The van der Waals surface area contributed by atoms with E-state index in [1.165, 1.54) is 64.6 Å². The molecule has 21 heavy (non-hydrogen) atoms. The van der Waals surface area contributed by atoms with Gasteiger partial charge < -0.3 is 15.5 Å². The smallest absolute Gasteiger partial charge is 0.0356 e. The Hall–Kier alpha value is -0.160. The topological polar surface area (TPSA) is 35.7 Å². The molecule has 1 saturated carbocycles. The van der Waals surface area contributed by atoms with Crippen LogP contribution in [0.4, 0.5) is 0 Å². The molecule has 3 aliphatic rings. The van der Waals surface area contributed by atoms with Crippen LogP contribution in [0.5, 0.6) is 0 Å². The molecule has 2 unspecified atom stereocenters. The zero-order chi connectivity index (χ0) is 15.1. The normalized spacial score (nSPS) is 36.0. The van der Waals surface area contributed by atoms with Crippen LogP contribution in [0.25, 0.3) is 0 Å². The molecule has 3 rings (SSSR count). The van der Waals surface area contributed by atoms with Crippen molar-refractivity contribution >= 4 is 0 Å². The van der Waals surface area contributed by atoms with Gasteiger partial charge in [-0.15, -0.1) is 0 Å². The zero-order valence-corrected chi connectivity index (χ0v) is 14.3. The molecule has 0 aromatic carbocycles. The highest BCUT2D eigenvalue weighted by Gasteiger charge is 2.47. The minimum absolute atomic E-state index is 0.240. The van der Waals surface area contributed by atoms with Crippen molar-refractivity contribution < 1.29 is 0 Å². The van der Waals surface area contributed by atoms with Crippen molar-refractivity contribution in [3.8, 4) is 0 Å². The standard InChI is InChI=1S/C17H34N4/c1-19(2)16(7-5-8-16)14-20(3)17(13-18)9-11-21-10-4-6-15(21)12-17/h15H,4-14,18H2,1-3H3. The molecule has 2 heterocycles. The maximum atomic E-state index is 6.30. The van der Waals surface area contributed by atoms with Gasteiger partial charge in [0, 0.05) is 36.8 Å². The van der Waals surface area contributed by atoms with Gasteiger partial charge >= 0.3 is 0 Å². The van der Waals surface area contributed by atoms with Crippen LogP contribution in [0.2, 0.25) is 0 Å². The van der Waals surface area contributed by atoms with E-state index in [0.717, 1.165) is 12.6 Å². The van der Waals surface area contributed by atoms with Gasteiger partial charge in [0.15, 0.2) is 0 Å². The van der Waals surface area contributed by atoms with Crippen molar-refractivity contribution in [2.75, 3.05) is 47.3 Å². The van der Waals surface area contributed by atoms with E-state index in [1.807, 2.05) is 0 Å². The van der Waals surface area contributed by atoms with E-state index in [2.05, 4.69) is 35.8 Å². The Kier molecular flexibility index (Phi) is 4.34. The SMILES string of the molecule is CN(C)C1(CN(C)C2(CN)CCN3CCCC3C2)CCC1. The summed E-state index contributed by atoms with van der Waals surface area (Å²) in [6.07, 6.45) is 9.38. The van der Waals surface area contributed by atoms with Gasteiger partial charge in [-0.05, 0) is 72.6 Å². The van der Waals surface area contributed by atoms with Crippen molar-refractivity contribution in [1.82, 2.24) is 14.7 Å². The lowest BCUT2D eigenvalue weighted by molar-refractivity contribution is -0.0350. The third-order valence-electron chi connectivity index (χ3n) is 6.93. The van der Waals surface area contributed by atoms with Gasteiger partial charge in [-0.2, -0.15) is 0 Å². The monoisotopic (exact) mass is 294 g/mol. The van der Waals surface area contributed by atoms with Gasteiger partial charge in [0.2, 0.25) is 0 Å². The second kappa shape index (κ2) is 5.80. The molecule has 1 aliphatic carbocycles. The quantitative estimate of drug-likeness (QED) is 0.830. The predicted octanol–water partition coefficient (Wildman–Crippen LogP) is 1.36. The van der Waals surface area contributed by atoms with Crippen molar-refractivity contribution in [1.29, 1.82) is 0 Å². The van der Waals surface area contributed by atoms with E-state index in [0.29, 0.717) is 5.54 Å². The van der Waals surface area contributed by atoms with E-state index in [4.69, 9.17) is 5.73 Å². The minimum Gasteiger partial charge on any atom is -0.329 e. The van der Waals surface area contributed by atoms with Gasteiger partial charge in [-0.3, -0.25) is 4.90 Å². The molecule has 2 atom stereocenters. The number of rotatable bonds is 5. The molecule has 0 bridgehead atoms. The molecule has 3 fully saturated rings. The van der Waals surface area contributed by atoms with Gasteiger partial charge in [-0.25, -0.2) is 0 Å². The third-order valence-corrected chi connectivity index (χ3v) is 6.93. The first-order chi connectivity index (χ1) is 10.0. The van der Waals surface area contributed by atoms with E-state index in [-0.39, 0.29) is 5.54 Å². The van der Waals surface area contributed by atoms with Gasteiger partial charge in [0.05, 0.1) is 0 Å². The van der Waals surface area contributed by atoms with E-state index >= 15 is 0 Å². The average molecular weight is 294 g/mol. The van der Waals surface area contributed by atoms with E-state index in [1.54, 1.807) is 0 Å². The van der Waals surface area contributed by atoms with Gasteiger partial charge in [0.1, 0.15) is 0 Å². The Morgan fingerprint density at radius 1 is 1.05 bits per heavy atom. The molecule has 2 aliphatic heterocycles. The summed E-state index contributed by atoms with van der Waals surface area (Å²) in [4.78, 5) is 7.80. The molecular formula is C17H34N4. The number of piperidine rings is 1. The highest BCUT2D eigenvalue weighted by Crippen LogP contribution is 2.41. The summed E-state index contributed by atoms with van der Waals surface area (Å²) >= 11 is 0. The van der Waals surface area contributed by atoms with Crippen LogP contribution in [0.3, 0.4) is 0 Å². The number of hydrogen-bond acceptors (Lipinski definition) is 4.